The highest BCUT2D eigenvalue weighted by molar-refractivity contribution is 7.89. The minimum absolute atomic E-state index is 0.164. The van der Waals surface area contributed by atoms with Gasteiger partial charge in [-0.2, -0.15) is 9.30 Å². The zero-order chi connectivity index (χ0) is 22.0. The molecule has 0 atom stereocenters. The molecule has 0 unspecified atom stereocenters. The van der Waals surface area contributed by atoms with E-state index in [-0.39, 0.29) is 10.5 Å². The molecule has 1 aliphatic rings. The Morgan fingerprint density at radius 1 is 1.13 bits per heavy atom. The SMILES string of the molecule is C=CCn1c(=NC(=O)c2ccc(S(=O)(=O)N3CCCCC3)cc2)sc2cccc(F)c21. The van der Waals surface area contributed by atoms with Gasteiger partial charge in [0, 0.05) is 25.2 Å². The van der Waals surface area contributed by atoms with E-state index in [1.807, 2.05) is 0 Å². The van der Waals surface area contributed by atoms with E-state index < -0.39 is 21.7 Å². The van der Waals surface area contributed by atoms with Crippen molar-refractivity contribution in [2.24, 2.45) is 4.99 Å². The minimum Gasteiger partial charge on any atom is -0.310 e. The summed E-state index contributed by atoms with van der Waals surface area (Å²) in [5.41, 5.74) is 0.641. The molecule has 0 aliphatic carbocycles. The number of halogens is 1. The fourth-order valence-corrected chi connectivity index (χ4v) is 6.22. The highest BCUT2D eigenvalue weighted by Gasteiger charge is 2.26. The summed E-state index contributed by atoms with van der Waals surface area (Å²) >= 11 is 1.21. The quantitative estimate of drug-likeness (QED) is 0.543. The first kappa shape index (κ1) is 21.6. The summed E-state index contributed by atoms with van der Waals surface area (Å²) in [4.78, 5) is 17.4. The van der Waals surface area contributed by atoms with Crippen LogP contribution in [0, 0.1) is 5.82 Å². The van der Waals surface area contributed by atoms with E-state index in [2.05, 4.69) is 11.6 Å². The maximum Gasteiger partial charge on any atom is 0.279 e. The molecule has 0 N–H and O–H groups in total. The number of amides is 1. The molecule has 162 valence electrons. The number of rotatable bonds is 5. The predicted molar refractivity (Wildman–Crippen MR) is 119 cm³/mol. The lowest BCUT2D eigenvalue weighted by atomic mass is 10.2. The van der Waals surface area contributed by atoms with Crippen LogP contribution in [-0.2, 0) is 16.6 Å². The number of hydrogen-bond acceptors (Lipinski definition) is 4. The first-order valence-corrected chi connectivity index (χ1v) is 12.3. The fraction of sp³-hybridized carbons (Fsp3) is 0.273. The topological polar surface area (TPSA) is 71.7 Å². The van der Waals surface area contributed by atoms with Crippen molar-refractivity contribution in [1.82, 2.24) is 8.87 Å². The molecule has 0 spiro atoms. The van der Waals surface area contributed by atoms with Crippen molar-refractivity contribution in [1.29, 1.82) is 0 Å². The summed E-state index contributed by atoms with van der Waals surface area (Å²) < 4.78 is 43.6. The maximum absolute atomic E-state index is 14.3. The Morgan fingerprint density at radius 3 is 2.52 bits per heavy atom. The van der Waals surface area contributed by atoms with Crippen LogP contribution in [-0.4, -0.2) is 36.3 Å². The van der Waals surface area contributed by atoms with Crippen LogP contribution in [0.4, 0.5) is 4.39 Å². The Balaban J connectivity index is 1.66. The number of para-hydroxylation sites is 1. The van der Waals surface area contributed by atoms with E-state index >= 15 is 0 Å². The lowest BCUT2D eigenvalue weighted by Gasteiger charge is -2.25. The molecule has 6 nitrogen and oxygen atoms in total. The zero-order valence-corrected chi connectivity index (χ0v) is 18.5. The Kier molecular flexibility index (Phi) is 6.17. The second kappa shape index (κ2) is 8.86. The van der Waals surface area contributed by atoms with Gasteiger partial charge in [-0.15, -0.1) is 6.58 Å². The van der Waals surface area contributed by atoms with E-state index in [1.54, 1.807) is 22.8 Å². The first-order chi connectivity index (χ1) is 14.9. The smallest absolute Gasteiger partial charge is 0.279 e. The van der Waals surface area contributed by atoms with Crippen LogP contribution in [0.15, 0.2) is 65.0 Å². The van der Waals surface area contributed by atoms with Crippen molar-refractivity contribution in [3.05, 3.63) is 71.3 Å². The van der Waals surface area contributed by atoms with Crippen LogP contribution >= 0.6 is 11.3 Å². The molecule has 2 heterocycles. The summed E-state index contributed by atoms with van der Waals surface area (Å²) in [6, 6.07) is 10.6. The maximum atomic E-state index is 14.3. The average Bonchev–Trinajstić information content (AvgIpc) is 3.13. The van der Waals surface area contributed by atoms with Crippen molar-refractivity contribution < 1.29 is 17.6 Å². The van der Waals surface area contributed by atoms with Gasteiger partial charge in [0.2, 0.25) is 10.0 Å². The van der Waals surface area contributed by atoms with Gasteiger partial charge < -0.3 is 4.57 Å². The Morgan fingerprint density at radius 2 is 1.84 bits per heavy atom. The summed E-state index contributed by atoms with van der Waals surface area (Å²) in [7, 11) is -3.56. The molecular weight excluding hydrogens is 437 g/mol. The number of piperidine rings is 1. The van der Waals surface area contributed by atoms with Crippen molar-refractivity contribution in [2.75, 3.05) is 13.1 Å². The number of fused-ring (bicyclic) bond motifs is 1. The average molecular weight is 460 g/mol. The van der Waals surface area contributed by atoms with Crippen LogP contribution in [0.1, 0.15) is 29.6 Å². The minimum atomic E-state index is -3.56. The molecule has 1 aromatic heterocycles. The molecule has 31 heavy (non-hydrogen) atoms. The van der Waals surface area contributed by atoms with E-state index in [9.17, 15) is 17.6 Å². The van der Waals surface area contributed by atoms with Crippen molar-refractivity contribution in [3.63, 3.8) is 0 Å². The van der Waals surface area contributed by atoms with Gasteiger partial charge in [-0.1, -0.05) is 29.9 Å². The molecule has 1 fully saturated rings. The number of carbonyl (C=O) groups is 1. The number of benzene rings is 2. The van der Waals surface area contributed by atoms with Crippen molar-refractivity contribution in [3.8, 4) is 0 Å². The van der Waals surface area contributed by atoms with Gasteiger partial charge in [0.25, 0.3) is 5.91 Å². The lowest BCUT2D eigenvalue weighted by Crippen LogP contribution is -2.35. The summed E-state index contributed by atoms with van der Waals surface area (Å²) in [6.07, 6.45) is 4.36. The number of thiazole rings is 1. The number of nitrogens with zero attached hydrogens (tertiary/aromatic N) is 3. The van der Waals surface area contributed by atoms with E-state index in [0.29, 0.717) is 34.7 Å². The standard InChI is InChI=1S/C22H22FN3O3S2/c1-2-13-26-20-18(23)7-6-8-19(20)30-22(26)24-21(27)16-9-11-17(12-10-16)31(28,29)25-14-4-3-5-15-25/h2,6-12H,1,3-5,13-15H2. The van der Waals surface area contributed by atoms with Gasteiger partial charge in [0.05, 0.1) is 15.1 Å². The number of sulfonamides is 1. The third-order valence-corrected chi connectivity index (χ3v) is 8.17. The molecule has 9 heteroatoms. The molecular formula is C22H22FN3O3S2. The summed E-state index contributed by atoms with van der Waals surface area (Å²) in [5, 5.41) is 0. The Bertz CT molecular complexity index is 1300. The van der Waals surface area contributed by atoms with E-state index in [0.717, 1.165) is 19.3 Å². The van der Waals surface area contributed by atoms with Gasteiger partial charge in [-0.25, -0.2) is 12.8 Å². The third kappa shape index (κ3) is 4.26. The first-order valence-electron chi connectivity index (χ1n) is 10.00. The lowest BCUT2D eigenvalue weighted by molar-refractivity contribution is 0.0997. The number of aromatic nitrogens is 1. The van der Waals surface area contributed by atoms with Crippen molar-refractivity contribution >= 4 is 37.5 Å². The molecule has 2 aromatic carbocycles. The number of allylic oxidation sites excluding steroid dienone is 1. The van der Waals surface area contributed by atoms with Gasteiger partial charge >= 0.3 is 0 Å². The molecule has 3 aromatic rings. The predicted octanol–water partition coefficient (Wildman–Crippen LogP) is 3.94. The second-order valence-electron chi connectivity index (χ2n) is 7.28. The zero-order valence-electron chi connectivity index (χ0n) is 16.8. The monoisotopic (exact) mass is 459 g/mol. The molecule has 0 saturated carbocycles. The fourth-order valence-electron chi connectivity index (χ4n) is 3.65. The van der Waals surface area contributed by atoms with Crippen LogP contribution in [0.5, 0.6) is 0 Å². The van der Waals surface area contributed by atoms with Gasteiger partial charge in [0.15, 0.2) is 4.80 Å². The van der Waals surface area contributed by atoms with Crippen molar-refractivity contribution in [2.45, 2.75) is 30.7 Å². The van der Waals surface area contributed by atoms with Crippen LogP contribution in [0.3, 0.4) is 0 Å². The molecule has 1 saturated heterocycles. The molecule has 4 rings (SSSR count). The van der Waals surface area contributed by atoms with Crippen LogP contribution < -0.4 is 4.80 Å². The van der Waals surface area contributed by atoms with Gasteiger partial charge in [-0.05, 0) is 49.2 Å². The number of hydrogen-bond donors (Lipinski definition) is 0. The van der Waals surface area contributed by atoms with Crippen LogP contribution in [0.25, 0.3) is 10.2 Å². The van der Waals surface area contributed by atoms with E-state index in [1.165, 1.54) is 46.0 Å². The second-order valence-corrected chi connectivity index (χ2v) is 10.2. The van der Waals surface area contributed by atoms with Crippen LogP contribution in [0.2, 0.25) is 0 Å². The highest BCUT2D eigenvalue weighted by atomic mass is 32.2. The van der Waals surface area contributed by atoms with Gasteiger partial charge in [0.1, 0.15) is 5.82 Å². The molecule has 1 aliphatic heterocycles. The molecule has 0 radical (unpaired) electrons. The molecule has 1 amide bonds. The molecule has 0 bridgehead atoms. The highest BCUT2D eigenvalue weighted by Crippen LogP contribution is 2.22. The number of carbonyl (C=O) groups excluding carboxylic acids is 1. The normalized spacial score (nSPS) is 16.0. The third-order valence-electron chi connectivity index (χ3n) is 5.21. The Labute approximate surface area is 184 Å². The summed E-state index contributed by atoms with van der Waals surface area (Å²) in [5.74, 6) is -0.913. The summed E-state index contributed by atoms with van der Waals surface area (Å²) in [6.45, 7) is 5.04. The largest absolute Gasteiger partial charge is 0.310 e. The van der Waals surface area contributed by atoms with E-state index in [4.69, 9.17) is 0 Å². The van der Waals surface area contributed by atoms with Gasteiger partial charge in [-0.3, -0.25) is 4.79 Å². The Hall–Kier alpha value is -2.62.